The minimum absolute atomic E-state index is 0.0446. The van der Waals surface area contributed by atoms with Crippen LogP contribution in [-0.2, 0) is 14.3 Å². The van der Waals surface area contributed by atoms with Gasteiger partial charge in [0.2, 0.25) is 0 Å². The van der Waals surface area contributed by atoms with Gasteiger partial charge in [-0.3, -0.25) is 0 Å². The van der Waals surface area contributed by atoms with E-state index in [0.717, 1.165) is 5.57 Å². The van der Waals surface area contributed by atoms with Crippen molar-refractivity contribution in [2.75, 3.05) is 0 Å². The molecular formula is C16H28O4. The summed E-state index contributed by atoms with van der Waals surface area (Å²) >= 11 is 0. The molecule has 0 aliphatic heterocycles. The highest BCUT2D eigenvalue weighted by Crippen LogP contribution is 2.15. The van der Waals surface area contributed by atoms with E-state index in [1.54, 1.807) is 0 Å². The first kappa shape index (κ1) is 20.7. The summed E-state index contributed by atoms with van der Waals surface area (Å²) in [5.74, 6) is -0.505. The molecule has 0 saturated carbocycles. The van der Waals surface area contributed by atoms with Crippen molar-refractivity contribution in [3.63, 3.8) is 0 Å². The summed E-state index contributed by atoms with van der Waals surface area (Å²) in [6.45, 7) is 16.5. The first-order chi connectivity index (χ1) is 8.98. The summed E-state index contributed by atoms with van der Waals surface area (Å²) in [5.41, 5.74) is 0.962. The summed E-state index contributed by atoms with van der Waals surface area (Å²) in [6, 6.07) is 0. The van der Waals surface area contributed by atoms with Crippen LogP contribution in [0.2, 0.25) is 0 Å². The Morgan fingerprint density at radius 2 is 1.50 bits per heavy atom. The quantitative estimate of drug-likeness (QED) is 0.615. The van der Waals surface area contributed by atoms with Crippen LogP contribution in [0.3, 0.4) is 0 Å². The van der Waals surface area contributed by atoms with E-state index in [1.165, 1.54) is 6.92 Å². The molecule has 0 heterocycles. The number of hydrogen-bond donors (Lipinski definition) is 1. The zero-order valence-electron chi connectivity index (χ0n) is 13.7. The molecule has 0 aliphatic rings. The molecule has 1 N–H and O–H groups in total. The standard InChI is InChI=1S/C12H22O2.C4H6O2/c1-8(2)7-11(9(3)4)12(13)14-10(5)6;1-3(2)4(5)6/h7-10H,1-6H3;1H2,2H3,(H,5,6). The molecule has 0 rings (SSSR count). The normalized spacial score (nSPS) is 11.2. The lowest BCUT2D eigenvalue weighted by Crippen LogP contribution is -2.17. The van der Waals surface area contributed by atoms with E-state index in [1.807, 2.05) is 33.8 Å². The Balaban J connectivity index is 0. The third-order valence-electron chi connectivity index (χ3n) is 2.08. The number of ether oxygens (including phenoxy) is 1. The molecule has 0 aromatic rings. The molecule has 4 nitrogen and oxygen atoms in total. The number of carbonyl (C=O) groups is 2. The number of carboxylic acids is 1. The number of aliphatic carboxylic acids is 1. The van der Waals surface area contributed by atoms with Crippen molar-refractivity contribution >= 4 is 11.9 Å². The highest BCUT2D eigenvalue weighted by Gasteiger charge is 2.16. The molecule has 0 atom stereocenters. The van der Waals surface area contributed by atoms with Crippen LogP contribution in [0.4, 0.5) is 0 Å². The molecule has 116 valence electrons. The fraction of sp³-hybridized carbons (Fsp3) is 0.625. The van der Waals surface area contributed by atoms with E-state index in [2.05, 4.69) is 20.4 Å². The van der Waals surface area contributed by atoms with Crippen molar-refractivity contribution in [1.29, 1.82) is 0 Å². The Bertz CT molecular complexity index is 351. The molecule has 0 saturated heterocycles. The van der Waals surface area contributed by atoms with Crippen LogP contribution in [-0.4, -0.2) is 23.1 Å². The number of hydrogen-bond acceptors (Lipinski definition) is 3. The zero-order chi connectivity index (χ0) is 16.5. The maximum absolute atomic E-state index is 11.6. The average Bonchev–Trinajstić information content (AvgIpc) is 2.24. The van der Waals surface area contributed by atoms with Crippen molar-refractivity contribution < 1.29 is 19.4 Å². The second-order valence-electron chi connectivity index (χ2n) is 5.56. The summed E-state index contributed by atoms with van der Waals surface area (Å²) in [7, 11) is 0. The van der Waals surface area contributed by atoms with Gasteiger partial charge in [-0.05, 0) is 32.6 Å². The predicted molar refractivity (Wildman–Crippen MR) is 81.4 cm³/mol. The largest absolute Gasteiger partial charge is 0.478 e. The monoisotopic (exact) mass is 284 g/mol. The summed E-state index contributed by atoms with van der Waals surface area (Å²) in [5, 5.41) is 7.89. The molecular weight excluding hydrogens is 256 g/mol. The SMILES string of the molecule is C=C(C)C(=O)O.CC(C)C=C(C(=O)OC(C)C)C(C)C. The minimum Gasteiger partial charge on any atom is -0.478 e. The molecule has 0 aromatic carbocycles. The second kappa shape index (κ2) is 10.2. The minimum atomic E-state index is -0.935. The van der Waals surface area contributed by atoms with Crippen LogP contribution < -0.4 is 0 Å². The Morgan fingerprint density at radius 1 is 1.10 bits per heavy atom. The van der Waals surface area contributed by atoms with E-state index in [4.69, 9.17) is 9.84 Å². The molecule has 0 spiro atoms. The van der Waals surface area contributed by atoms with Gasteiger partial charge in [0, 0.05) is 11.1 Å². The number of esters is 1. The maximum atomic E-state index is 11.6. The van der Waals surface area contributed by atoms with Gasteiger partial charge in [0.15, 0.2) is 0 Å². The van der Waals surface area contributed by atoms with Gasteiger partial charge < -0.3 is 9.84 Å². The van der Waals surface area contributed by atoms with Crippen LogP contribution in [0, 0.1) is 11.8 Å². The van der Waals surface area contributed by atoms with Crippen molar-refractivity contribution in [2.45, 2.75) is 54.6 Å². The van der Waals surface area contributed by atoms with Crippen molar-refractivity contribution in [3.05, 3.63) is 23.8 Å². The number of allylic oxidation sites excluding steroid dienone is 1. The van der Waals surface area contributed by atoms with Crippen LogP contribution in [0.15, 0.2) is 23.8 Å². The Kier molecular flexibility index (Phi) is 10.6. The van der Waals surface area contributed by atoms with Crippen molar-refractivity contribution in [2.24, 2.45) is 11.8 Å². The molecule has 0 amide bonds. The van der Waals surface area contributed by atoms with Gasteiger partial charge in [0.05, 0.1) is 6.10 Å². The first-order valence-corrected chi connectivity index (χ1v) is 6.80. The van der Waals surface area contributed by atoms with Crippen LogP contribution in [0.25, 0.3) is 0 Å². The van der Waals surface area contributed by atoms with Crippen LogP contribution >= 0.6 is 0 Å². The Morgan fingerprint density at radius 3 is 1.70 bits per heavy atom. The molecule has 0 aliphatic carbocycles. The van der Waals surface area contributed by atoms with Crippen LogP contribution in [0.1, 0.15) is 48.5 Å². The summed E-state index contributed by atoms with van der Waals surface area (Å²) in [4.78, 5) is 21.2. The third kappa shape index (κ3) is 11.5. The van der Waals surface area contributed by atoms with Gasteiger partial charge in [-0.15, -0.1) is 0 Å². The number of carboxylic acid groups (broad SMARTS) is 1. The maximum Gasteiger partial charge on any atom is 0.334 e. The number of carbonyl (C=O) groups excluding carboxylic acids is 1. The van der Waals surface area contributed by atoms with Crippen molar-refractivity contribution in [1.82, 2.24) is 0 Å². The van der Waals surface area contributed by atoms with Gasteiger partial charge >= 0.3 is 11.9 Å². The zero-order valence-corrected chi connectivity index (χ0v) is 13.7. The predicted octanol–water partition coefficient (Wildman–Crippen LogP) is 3.82. The Labute approximate surface area is 122 Å². The van der Waals surface area contributed by atoms with E-state index < -0.39 is 5.97 Å². The molecule has 0 radical (unpaired) electrons. The molecule has 0 bridgehead atoms. The highest BCUT2D eigenvalue weighted by molar-refractivity contribution is 5.89. The van der Waals surface area contributed by atoms with E-state index in [-0.39, 0.29) is 23.6 Å². The van der Waals surface area contributed by atoms with E-state index in [0.29, 0.717) is 5.92 Å². The summed E-state index contributed by atoms with van der Waals surface area (Å²) < 4.78 is 5.17. The second-order valence-corrected chi connectivity index (χ2v) is 5.56. The molecule has 4 heteroatoms. The van der Waals surface area contributed by atoms with Gasteiger partial charge in [0.25, 0.3) is 0 Å². The lowest BCUT2D eigenvalue weighted by Gasteiger charge is -2.14. The molecule has 0 fully saturated rings. The lowest BCUT2D eigenvalue weighted by atomic mass is 9.99. The molecule has 0 unspecified atom stereocenters. The fourth-order valence-corrected chi connectivity index (χ4v) is 1.14. The lowest BCUT2D eigenvalue weighted by molar-refractivity contribution is -0.143. The molecule has 20 heavy (non-hydrogen) atoms. The van der Waals surface area contributed by atoms with Gasteiger partial charge in [-0.2, -0.15) is 0 Å². The fourth-order valence-electron chi connectivity index (χ4n) is 1.14. The first-order valence-electron chi connectivity index (χ1n) is 6.80. The van der Waals surface area contributed by atoms with Crippen molar-refractivity contribution in [3.8, 4) is 0 Å². The van der Waals surface area contributed by atoms with E-state index >= 15 is 0 Å². The third-order valence-corrected chi connectivity index (χ3v) is 2.08. The number of rotatable bonds is 5. The van der Waals surface area contributed by atoms with E-state index in [9.17, 15) is 9.59 Å². The topological polar surface area (TPSA) is 63.6 Å². The molecule has 0 aromatic heterocycles. The van der Waals surface area contributed by atoms with Crippen LogP contribution in [0.5, 0.6) is 0 Å². The Hall–Kier alpha value is -1.58. The smallest absolute Gasteiger partial charge is 0.334 e. The average molecular weight is 284 g/mol. The van der Waals surface area contributed by atoms with Gasteiger partial charge in [-0.25, -0.2) is 9.59 Å². The van der Waals surface area contributed by atoms with Gasteiger partial charge in [-0.1, -0.05) is 40.3 Å². The summed E-state index contributed by atoms with van der Waals surface area (Å²) in [6.07, 6.45) is 1.94. The van der Waals surface area contributed by atoms with Gasteiger partial charge in [0.1, 0.15) is 0 Å². The highest BCUT2D eigenvalue weighted by atomic mass is 16.5.